The van der Waals surface area contributed by atoms with E-state index in [0.29, 0.717) is 17.6 Å². The third kappa shape index (κ3) is 4.33. The Morgan fingerprint density at radius 2 is 1.02 bits per heavy atom. The molecule has 52 heavy (non-hydrogen) atoms. The van der Waals surface area contributed by atoms with Gasteiger partial charge in [0.15, 0.2) is 11.6 Å². The van der Waals surface area contributed by atoms with E-state index in [1.165, 1.54) is 5.39 Å². The molecule has 0 saturated carbocycles. The van der Waals surface area contributed by atoms with Crippen LogP contribution in [0.1, 0.15) is 0 Å². The first kappa shape index (κ1) is 28.7. The van der Waals surface area contributed by atoms with Crippen molar-refractivity contribution in [2.24, 2.45) is 0 Å². The van der Waals surface area contributed by atoms with Crippen LogP contribution in [0, 0.1) is 0 Å². The minimum Gasteiger partial charge on any atom is -0.455 e. The summed E-state index contributed by atoms with van der Waals surface area (Å²) in [6, 6.07) is 59.1. The summed E-state index contributed by atoms with van der Waals surface area (Å²) < 4.78 is 8.87. The van der Waals surface area contributed by atoms with Gasteiger partial charge in [-0.3, -0.25) is 4.57 Å². The van der Waals surface area contributed by atoms with Crippen LogP contribution in [0.3, 0.4) is 0 Å². The molecule has 0 unspecified atom stereocenters. The van der Waals surface area contributed by atoms with E-state index in [1.54, 1.807) is 0 Å². The molecule has 3 aromatic heterocycles. The largest absolute Gasteiger partial charge is 0.455 e. The van der Waals surface area contributed by atoms with Crippen LogP contribution in [-0.4, -0.2) is 19.5 Å². The predicted molar refractivity (Wildman–Crippen MR) is 213 cm³/mol. The van der Waals surface area contributed by atoms with Crippen molar-refractivity contribution >= 4 is 65.3 Å². The summed E-state index contributed by atoms with van der Waals surface area (Å²) in [5.41, 5.74) is 7.69. The van der Waals surface area contributed by atoms with Crippen LogP contribution in [0.15, 0.2) is 174 Å². The Morgan fingerprint density at radius 1 is 0.385 bits per heavy atom. The third-order valence-electron chi connectivity index (χ3n) is 10.2. The van der Waals surface area contributed by atoms with Crippen molar-refractivity contribution in [3.05, 3.63) is 170 Å². The van der Waals surface area contributed by atoms with E-state index in [9.17, 15) is 0 Å². The molecule has 242 valence electrons. The second-order valence-electron chi connectivity index (χ2n) is 13.2. The molecular formula is C47H28N4O. The molecule has 5 heteroatoms. The summed E-state index contributed by atoms with van der Waals surface area (Å²) in [5, 5.41) is 8.99. The number of nitrogens with zero attached hydrogens (tertiary/aromatic N) is 4. The number of hydrogen-bond acceptors (Lipinski definition) is 4. The predicted octanol–water partition coefficient (Wildman–Crippen LogP) is 12.2. The second kappa shape index (κ2) is 11.2. The molecule has 0 aliphatic rings. The van der Waals surface area contributed by atoms with E-state index >= 15 is 0 Å². The maximum absolute atomic E-state index is 6.62. The molecule has 0 fully saturated rings. The first-order valence-electron chi connectivity index (χ1n) is 17.5. The SMILES string of the molecule is c1ccc(-c2nc(-c3ccc4ccccc4c3)nc(-n3c4c(-c5cccc6c5oc5ccccc56)cccc4c4ccc5ccccc5c43)n2)cc1. The molecule has 3 heterocycles. The normalized spacial score (nSPS) is 11.8. The van der Waals surface area contributed by atoms with Gasteiger partial charge in [0.1, 0.15) is 11.2 Å². The number of para-hydroxylation sites is 3. The van der Waals surface area contributed by atoms with Crippen LogP contribution in [0.25, 0.3) is 105 Å². The Balaban J connectivity index is 1.29. The van der Waals surface area contributed by atoms with Crippen molar-refractivity contribution in [2.45, 2.75) is 0 Å². The van der Waals surface area contributed by atoms with Crippen molar-refractivity contribution in [1.29, 1.82) is 0 Å². The van der Waals surface area contributed by atoms with Gasteiger partial charge in [-0.1, -0.05) is 158 Å². The molecular weight excluding hydrogens is 637 g/mol. The molecule has 0 amide bonds. The highest BCUT2D eigenvalue weighted by Crippen LogP contribution is 2.43. The molecule has 0 radical (unpaired) electrons. The van der Waals surface area contributed by atoms with Gasteiger partial charge in [0.2, 0.25) is 5.95 Å². The van der Waals surface area contributed by atoms with Crippen molar-refractivity contribution < 1.29 is 4.42 Å². The molecule has 0 atom stereocenters. The fourth-order valence-corrected chi connectivity index (χ4v) is 7.84. The summed E-state index contributed by atoms with van der Waals surface area (Å²) in [7, 11) is 0. The van der Waals surface area contributed by atoms with E-state index in [2.05, 4.69) is 144 Å². The number of aromatic nitrogens is 4. The van der Waals surface area contributed by atoms with Gasteiger partial charge in [0, 0.05) is 49.2 Å². The van der Waals surface area contributed by atoms with Gasteiger partial charge >= 0.3 is 0 Å². The highest BCUT2D eigenvalue weighted by atomic mass is 16.3. The summed E-state index contributed by atoms with van der Waals surface area (Å²) in [6.07, 6.45) is 0. The maximum atomic E-state index is 6.62. The van der Waals surface area contributed by atoms with E-state index in [-0.39, 0.29) is 0 Å². The van der Waals surface area contributed by atoms with Gasteiger partial charge in [-0.15, -0.1) is 0 Å². The summed E-state index contributed by atoms with van der Waals surface area (Å²) in [4.78, 5) is 15.7. The monoisotopic (exact) mass is 664 g/mol. The van der Waals surface area contributed by atoms with E-state index in [1.807, 2.05) is 30.3 Å². The molecule has 8 aromatic carbocycles. The zero-order valence-electron chi connectivity index (χ0n) is 27.9. The average Bonchev–Trinajstić information content (AvgIpc) is 3.77. The Hall–Kier alpha value is -7.11. The lowest BCUT2D eigenvalue weighted by molar-refractivity contribution is 0.670. The molecule has 5 nitrogen and oxygen atoms in total. The van der Waals surface area contributed by atoms with Crippen molar-refractivity contribution in [3.63, 3.8) is 0 Å². The second-order valence-corrected chi connectivity index (χ2v) is 13.2. The van der Waals surface area contributed by atoms with Crippen LogP contribution in [0.5, 0.6) is 0 Å². The standard InChI is InChI=1S/C47H28N4O/c1-2-14-31(15-3-1)45-48-46(33-25-24-29-12-4-5-16-32(29)28-33)50-47(49-45)51-42-34-17-7-6-13-30(34)26-27-38(42)36-19-10-20-37(43(36)51)40-22-11-21-39-35-18-8-9-23-41(35)52-44(39)40/h1-28H. The number of fused-ring (bicyclic) bond motifs is 9. The zero-order valence-corrected chi connectivity index (χ0v) is 27.9. The smallest absolute Gasteiger partial charge is 0.238 e. The lowest BCUT2D eigenvalue weighted by Gasteiger charge is -2.14. The van der Waals surface area contributed by atoms with Crippen LogP contribution >= 0.6 is 0 Å². The molecule has 0 aliphatic carbocycles. The Labute approximate surface area is 298 Å². The van der Waals surface area contributed by atoms with Crippen LogP contribution in [0.4, 0.5) is 0 Å². The molecule has 0 bridgehead atoms. The lowest BCUT2D eigenvalue weighted by atomic mass is 9.99. The lowest BCUT2D eigenvalue weighted by Crippen LogP contribution is -2.07. The number of hydrogen-bond donors (Lipinski definition) is 0. The quantitative estimate of drug-likeness (QED) is 0.188. The van der Waals surface area contributed by atoms with Crippen molar-refractivity contribution in [3.8, 4) is 39.9 Å². The first-order valence-corrected chi connectivity index (χ1v) is 17.5. The molecule has 0 aliphatic heterocycles. The maximum Gasteiger partial charge on any atom is 0.238 e. The molecule has 11 rings (SSSR count). The van der Waals surface area contributed by atoms with Gasteiger partial charge < -0.3 is 4.42 Å². The van der Waals surface area contributed by atoms with Crippen LogP contribution in [-0.2, 0) is 0 Å². The van der Waals surface area contributed by atoms with E-state index in [4.69, 9.17) is 19.4 Å². The number of benzene rings is 8. The number of rotatable bonds is 4. The zero-order chi connectivity index (χ0) is 34.2. The van der Waals surface area contributed by atoms with Crippen molar-refractivity contribution in [1.82, 2.24) is 19.5 Å². The first-order chi connectivity index (χ1) is 25.8. The van der Waals surface area contributed by atoms with Crippen LogP contribution in [0.2, 0.25) is 0 Å². The molecule has 0 saturated heterocycles. The van der Waals surface area contributed by atoms with Gasteiger partial charge in [0.05, 0.1) is 11.0 Å². The Morgan fingerprint density at radius 3 is 1.88 bits per heavy atom. The highest BCUT2D eigenvalue weighted by Gasteiger charge is 2.23. The van der Waals surface area contributed by atoms with Gasteiger partial charge in [-0.05, 0) is 28.3 Å². The summed E-state index contributed by atoms with van der Waals surface area (Å²) >= 11 is 0. The summed E-state index contributed by atoms with van der Waals surface area (Å²) in [5.74, 6) is 1.78. The van der Waals surface area contributed by atoms with Crippen molar-refractivity contribution in [2.75, 3.05) is 0 Å². The van der Waals surface area contributed by atoms with E-state index < -0.39 is 0 Å². The Bertz CT molecular complexity index is 3190. The minimum absolute atomic E-state index is 0.553. The van der Waals surface area contributed by atoms with Gasteiger partial charge in [0.25, 0.3) is 0 Å². The molecule has 11 aromatic rings. The molecule has 0 N–H and O–H groups in total. The van der Waals surface area contributed by atoms with Gasteiger partial charge in [-0.2, -0.15) is 9.97 Å². The average molecular weight is 665 g/mol. The molecule has 0 spiro atoms. The topological polar surface area (TPSA) is 56.7 Å². The summed E-state index contributed by atoms with van der Waals surface area (Å²) in [6.45, 7) is 0. The minimum atomic E-state index is 0.553. The van der Waals surface area contributed by atoms with Crippen LogP contribution < -0.4 is 0 Å². The van der Waals surface area contributed by atoms with Gasteiger partial charge in [-0.25, -0.2) is 4.98 Å². The van der Waals surface area contributed by atoms with E-state index in [0.717, 1.165) is 82.2 Å². The highest BCUT2D eigenvalue weighted by molar-refractivity contribution is 6.22. The third-order valence-corrected chi connectivity index (χ3v) is 10.2. The fraction of sp³-hybridized carbons (Fsp3) is 0. The Kier molecular flexibility index (Phi) is 6.18. The fourth-order valence-electron chi connectivity index (χ4n) is 7.84. The number of furan rings is 1.